The standard InChI is InChI=1S/C13H19F3N2O4S2/c1-3-10-24(21,22)17-8-9-18(23(2,19)20)12-7-5-4-6-11(12)13(14,15)16/h4-7,17H,3,8-10H2,1-2H3. The van der Waals surface area contributed by atoms with E-state index >= 15 is 0 Å². The Morgan fingerprint density at radius 2 is 1.71 bits per heavy atom. The largest absolute Gasteiger partial charge is 0.418 e. The van der Waals surface area contributed by atoms with Crippen molar-refractivity contribution in [3.63, 3.8) is 0 Å². The number of benzene rings is 1. The third-order valence-electron chi connectivity index (χ3n) is 2.99. The molecule has 1 aromatic rings. The molecule has 0 amide bonds. The van der Waals surface area contributed by atoms with Crippen molar-refractivity contribution in [2.45, 2.75) is 19.5 Å². The SMILES string of the molecule is CCCS(=O)(=O)NCCN(c1ccccc1C(F)(F)F)S(C)(=O)=O. The average Bonchev–Trinajstić information content (AvgIpc) is 2.41. The highest BCUT2D eigenvalue weighted by Gasteiger charge is 2.36. The van der Waals surface area contributed by atoms with Crippen molar-refractivity contribution in [1.29, 1.82) is 0 Å². The fourth-order valence-corrected chi connectivity index (χ4v) is 4.06. The quantitative estimate of drug-likeness (QED) is 0.736. The first-order valence-corrected chi connectivity index (χ1v) is 10.5. The first kappa shape index (κ1) is 20.7. The number of nitrogens with zero attached hydrogens (tertiary/aromatic N) is 1. The molecule has 1 N–H and O–H groups in total. The van der Waals surface area contributed by atoms with E-state index in [0.717, 1.165) is 24.5 Å². The van der Waals surface area contributed by atoms with E-state index in [1.165, 1.54) is 6.07 Å². The third-order valence-corrected chi connectivity index (χ3v) is 5.76. The van der Waals surface area contributed by atoms with Gasteiger partial charge in [0, 0.05) is 13.1 Å². The van der Waals surface area contributed by atoms with Gasteiger partial charge in [-0.15, -0.1) is 0 Å². The molecule has 0 unspecified atom stereocenters. The molecule has 0 aliphatic heterocycles. The van der Waals surface area contributed by atoms with Gasteiger partial charge in [0.25, 0.3) is 0 Å². The van der Waals surface area contributed by atoms with Gasteiger partial charge in [-0.05, 0) is 18.6 Å². The van der Waals surface area contributed by atoms with E-state index in [0.29, 0.717) is 10.7 Å². The number of sulfonamides is 2. The van der Waals surface area contributed by atoms with Crippen LogP contribution in [-0.2, 0) is 26.2 Å². The molecule has 0 aromatic heterocycles. The lowest BCUT2D eigenvalue weighted by molar-refractivity contribution is -0.137. The molecule has 0 saturated carbocycles. The fourth-order valence-electron chi connectivity index (χ4n) is 2.04. The predicted octanol–water partition coefficient (Wildman–Crippen LogP) is 1.80. The van der Waals surface area contributed by atoms with Gasteiger partial charge >= 0.3 is 6.18 Å². The van der Waals surface area contributed by atoms with Gasteiger partial charge in [0.2, 0.25) is 20.0 Å². The lowest BCUT2D eigenvalue weighted by Crippen LogP contribution is -2.39. The van der Waals surface area contributed by atoms with E-state index in [2.05, 4.69) is 4.72 Å². The Morgan fingerprint density at radius 3 is 2.21 bits per heavy atom. The molecule has 138 valence electrons. The van der Waals surface area contributed by atoms with E-state index in [1.54, 1.807) is 6.92 Å². The smallest absolute Gasteiger partial charge is 0.269 e. The number of para-hydroxylation sites is 1. The molecular formula is C13H19F3N2O4S2. The summed E-state index contributed by atoms with van der Waals surface area (Å²) in [6.07, 6.45) is -3.61. The highest BCUT2D eigenvalue weighted by molar-refractivity contribution is 7.92. The highest BCUT2D eigenvalue weighted by Crippen LogP contribution is 2.37. The summed E-state index contributed by atoms with van der Waals surface area (Å²) in [5.74, 6) is -0.148. The Morgan fingerprint density at radius 1 is 1.12 bits per heavy atom. The minimum Gasteiger partial charge on any atom is -0.269 e. The van der Waals surface area contributed by atoms with Crippen molar-refractivity contribution in [2.24, 2.45) is 0 Å². The molecule has 1 rings (SSSR count). The molecule has 11 heteroatoms. The van der Waals surface area contributed by atoms with Crippen LogP contribution in [0.15, 0.2) is 24.3 Å². The van der Waals surface area contributed by atoms with Crippen LogP contribution in [0, 0.1) is 0 Å². The number of hydrogen-bond acceptors (Lipinski definition) is 4. The zero-order chi connectivity index (χ0) is 18.6. The summed E-state index contributed by atoms with van der Waals surface area (Å²) in [4.78, 5) is 0. The summed E-state index contributed by atoms with van der Waals surface area (Å²) in [6, 6.07) is 4.24. The number of alkyl halides is 3. The summed E-state index contributed by atoms with van der Waals surface area (Å²) >= 11 is 0. The van der Waals surface area contributed by atoms with Crippen molar-refractivity contribution in [2.75, 3.05) is 29.4 Å². The van der Waals surface area contributed by atoms with Crippen LogP contribution in [0.25, 0.3) is 0 Å². The van der Waals surface area contributed by atoms with Crippen molar-refractivity contribution in [1.82, 2.24) is 4.72 Å². The molecule has 1 aromatic carbocycles. The van der Waals surface area contributed by atoms with Gasteiger partial charge in [0.1, 0.15) is 0 Å². The summed E-state index contributed by atoms with van der Waals surface area (Å²) in [5, 5.41) is 0. The lowest BCUT2D eigenvalue weighted by atomic mass is 10.1. The van der Waals surface area contributed by atoms with Crippen molar-refractivity contribution in [3.8, 4) is 0 Å². The van der Waals surface area contributed by atoms with Gasteiger partial charge in [0.15, 0.2) is 0 Å². The molecule has 0 heterocycles. The summed E-state index contributed by atoms with van der Waals surface area (Å²) in [6.45, 7) is 0.873. The summed E-state index contributed by atoms with van der Waals surface area (Å²) in [7, 11) is -7.62. The van der Waals surface area contributed by atoms with Crippen molar-refractivity contribution in [3.05, 3.63) is 29.8 Å². The molecule has 0 radical (unpaired) electrons. The van der Waals surface area contributed by atoms with Gasteiger partial charge in [-0.1, -0.05) is 19.1 Å². The molecular weight excluding hydrogens is 369 g/mol. The second-order valence-corrected chi connectivity index (χ2v) is 8.90. The van der Waals surface area contributed by atoms with Crippen LogP contribution < -0.4 is 9.03 Å². The maximum absolute atomic E-state index is 13.1. The number of halogens is 3. The van der Waals surface area contributed by atoms with Crippen LogP contribution in [-0.4, -0.2) is 41.9 Å². The van der Waals surface area contributed by atoms with E-state index in [9.17, 15) is 30.0 Å². The first-order valence-electron chi connectivity index (χ1n) is 7.00. The molecule has 0 spiro atoms. The summed E-state index contributed by atoms with van der Waals surface area (Å²) in [5.41, 5.74) is -1.64. The number of rotatable bonds is 8. The maximum Gasteiger partial charge on any atom is 0.418 e. The Hall–Kier alpha value is -1.33. The topological polar surface area (TPSA) is 83.6 Å². The second-order valence-electron chi connectivity index (χ2n) is 5.06. The number of anilines is 1. The van der Waals surface area contributed by atoms with E-state index in [1.807, 2.05) is 0 Å². The van der Waals surface area contributed by atoms with Crippen LogP contribution in [0.4, 0.5) is 18.9 Å². The molecule has 0 aliphatic rings. The second kappa shape index (κ2) is 7.70. The first-order chi connectivity index (χ1) is 10.9. The number of nitrogens with one attached hydrogen (secondary N) is 1. The molecule has 0 aliphatic carbocycles. The molecule has 6 nitrogen and oxygen atoms in total. The number of hydrogen-bond donors (Lipinski definition) is 1. The molecule has 0 fully saturated rings. The monoisotopic (exact) mass is 388 g/mol. The van der Waals surface area contributed by atoms with Gasteiger partial charge in [-0.25, -0.2) is 21.6 Å². The van der Waals surface area contributed by atoms with Crippen molar-refractivity contribution < 1.29 is 30.0 Å². The van der Waals surface area contributed by atoms with E-state index in [-0.39, 0.29) is 12.3 Å². The van der Waals surface area contributed by atoms with E-state index in [4.69, 9.17) is 0 Å². The zero-order valence-corrected chi connectivity index (χ0v) is 14.8. The zero-order valence-electron chi connectivity index (χ0n) is 13.2. The summed E-state index contributed by atoms with van der Waals surface area (Å²) < 4.78 is 88.8. The minimum absolute atomic E-state index is 0.148. The molecule has 0 atom stereocenters. The molecule has 0 saturated heterocycles. The normalized spacial score (nSPS) is 13.0. The van der Waals surface area contributed by atoms with Crippen LogP contribution in [0.1, 0.15) is 18.9 Å². The Balaban J connectivity index is 3.10. The Bertz CT molecular complexity index is 762. The van der Waals surface area contributed by atoms with Crippen LogP contribution in [0.3, 0.4) is 0 Å². The average molecular weight is 388 g/mol. The van der Waals surface area contributed by atoms with E-state index < -0.39 is 44.0 Å². The van der Waals surface area contributed by atoms with Gasteiger partial charge in [0.05, 0.1) is 23.3 Å². The molecule has 24 heavy (non-hydrogen) atoms. The third kappa shape index (κ3) is 5.95. The van der Waals surface area contributed by atoms with Gasteiger partial charge in [-0.2, -0.15) is 13.2 Å². The van der Waals surface area contributed by atoms with Gasteiger partial charge < -0.3 is 0 Å². The van der Waals surface area contributed by atoms with Gasteiger partial charge in [-0.3, -0.25) is 4.31 Å². The Labute approximate surface area is 139 Å². The minimum atomic E-state index is -4.73. The molecule has 0 bridgehead atoms. The lowest BCUT2D eigenvalue weighted by Gasteiger charge is -2.25. The fraction of sp³-hybridized carbons (Fsp3) is 0.538. The van der Waals surface area contributed by atoms with Crippen LogP contribution >= 0.6 is 0 Å². The van der Waals surface area contributed by atoms with Crippen LogP contribution in [0.2, 0.25) is 0 Å². The Kier molecular flexibility index (Phi) is 6.65. The van der Waals surface area contributed by atoms with Crippen LogP contribution in [0.5, 0.6) is 0 Å². The maximum atomic E-state index is 13.1. The highest BCUT2D eigenvalue weighted by atomic mass is 32.2. The predicted molar refractivity (Wildman–Crippen MR) is 85.7 cm³/mol. The van der Waals surface area contributed by atoms with Crippen molar-refractivity contribution >= 4 is 25.7 Å².